The van der Waals surface area contributed by atoms with Gasteiger partial charge < -0.3 is 4.74 Å². The lowest BCUT2D eigenvalue weighted by atomic mass is 9.81. The average molecular weight is 316 g/mol. The fourth-order valence-electron chi connectivity index (χ4n) is 4.07. The largest absolute Gasteiger partial charge is 0.474 e. The maximum Gasteiger partial charge on any atom is 0.225 e. The quantitative estimate of drug-likeness (QED) is 0.797. The summed E-state index contributed by atoms with van der Waals surface area (Å²) in [4.78, 5) is 11.7. The number of aryl methyl sites for hydroxylation is 1. The van der Waals surface area contributed by atoms with Gasteiger partial charge in [-0.2, -0.15) is 0 Å². The van der Waals surface area contributed by atoms with Crippen molar-refractivity contribution in [1.82, 2.24) is 9.97 Å². The van der Waals surface area contributed by atoms with E-state index < -0.39 is 0 Å². The number of ether oxygens (including phenoxy) is 1. The van der Waals surface area contributed by atoms with Crippen LogP contribution in [0.2, 0.25) is 0 Å². The van der Waals surface area contributed by atoms with E-state index in [0.29, 0.717) is 6.10 Å². The predicted molar refractivity (Wildman–Crippen MR) is 90.9 cm³/mol. The van der Waals surface area contributed by atoms with Crippen LogP contribution in [0.3, 0.4) is 0 Å². The van der Waals surface area contributed by atoms with E-state index in [-0.39, 0.29) is 5.41 Å². The summed E-state index contributed by atoms with van der Waals surface area (Å²) in [6.07, 6.45) is 11.9. The zero-order chi connectivity index (χ0) is 15.2. The molecule has 0 aromatic carbocycles. The number of rotatable bonds is 3. The van der Waals surface area contributed by atoms with Crippen LogP contribution in [-0.4, -0.2) is 16.1 Å². The lowest BCUT2D eigenvalue weighted by Gasteiger charge is -2.25. The highest BCUT2D eigenvalue weighted by Gasteiger charge is 2.38. The summed E-state index contributed by atoms with van der Waals surface area (Å²) in [6, 6.07) is 0. The fourth-order valence-corrected chi connectivity index (χ4v) is 5.34. The minimum Gasteiger partial charge on any atom is -0.474 e. The molecule has 1 atom stereocenters. The molecule has 2 aromatic heterocycles. The molecule has 0 radical (unpaired) electrons. The summed E-state index contributed by atoms with van der Waals surface area (Å²) >= 11 is 1.85. The Labute approximate surface area is 136 Å². The van der Waals surface area contributed by atoms with Crippen LogP contribution in [0.1, 0.15) is 69.2 Å². The molecular formula is C18H24N2OS. The first-order valence-electron chi connectivity index (χ1n) is 8.65. The normalized spacial score (nSPS) is 25.5. The molecule has 0 N–H and O–H groups in total. The summed E-state index contributed by atoms with van der Waals surface area (Å²) in [7, 11) is 0. The van der Waals surface area contributed by atoms with Crippen LogP contribution in [0.5, 0.6) is 5.88 Å². The Kier molecular flexibility index (Phi) is 3.60. The predicted octanol–water partition coefficient (Wildman–Crippen LogP) is 5.02. The van der Waals surface area contributed by atoms with Gasteiger partial charge in [-0.05, 0) is 55.9 Å². The Balaban J connectivity index is 1.79. The van der Waals surface area contributed by atoms with Gasteiger partial charge in [0.1, 0.15) is 17.3 Å². The second kappa shape index (κ2) is 5.48. The number of aromatic nitrogens is 2. The van der Waals surface area contributed by atoms with Gasteiger partial charge in [-0.1, -0.05) is 20.3 Å². The highest BCUT2D eigenvalue weighted by atomic mass is 32.1. The first-order valence-corrected chi connectivity index (χ1v) is 9.46. The summed E-state index contributed by atoms with van der Waals surface area (Å²) in [5.74, 6) is 0.843. The molecule has 4 heteroatoms. The third kappa shape index (κ3) is 2.23. The summed E-state index contributed by atoms with van der Waals surface area (Å²) in [6.45, 7) is 4.69. The highest BCUT2D eigenvalue weighted by molar-refractivity contribution is 7.19. The summed E-state index contributed by atoms with van der Waals surface area (Å²) in [5.41, 5.74) is 1.75. The van der Waals surface area contributed by atoms with Crippen molar-refractivity contribution in [2.75, 3.05) is 0 Å². The molecule has 0 aliphatic heterocycles. The molecule has 1 unspecified atom stereocenters. The van der Waals surface area contributed by atoms with E-state index in [4.69, 9.17) is 4.74 Å². The smallest absolute Gasteiger partial charge is 0.225 e. The Bertz CT molecular complexity index is 690. The Hall–Kier alpha value is -1.16. The third-order valence-corrected chi connectivity index (χ3v) is 6.80. The van der Waals surface area contributed by atoms with Gasteiger partial charge in [0.05, 0.1) is 5.39 Å². The van der Waals surface area contributed by atoms with Gasteiger partial charge in [0.15, 0.2) is 0 Å². The first-order chi connectivity index (χ1) is 10.7. The molecule has 2 aromatic rings. The van der Waals surface area contributed by atoms with E-state index >= 15 is 0 Å². The number of hydrogen-bond donors (Lipinski definition) is 0. The van der Waals surface area contributed by atoms with E-state index in [2.05, 4.69) is 23.8 Å². The van der Waals surface area contributed by atoms with E-state index in [1.807, 2.05) is 11.3 Å². The number of fused-ring (bicyclic) bond motifs is 3. The van der Waals surface area contributed by atoms with Gasteiger partial charge in [-0.25, -0.2) is 9.97 Å². The summed E-state index contributed by atoms with van der Waals surface area (Å²) in [5, 5.41) is 1.22. The van der Waals surface area contributed by atoms with Crippen molar-refractivity contribution in [3.05, 3.63) is 16.8 Å². The monoisotopic (exact) mass is 316 g/mol. The van der Waals surface area contributed by atoms with Crippen LogP contribution in [0.4, 0.5) is 0 Å². The standard InChI is InChI=1S/C18H24N2OS/c1-3-18(2)10-9-13-15(18)14-16(19-11-20-17(14)22-13)21-12-7-5-4-6-8-12/h11-12H,3-10H2,1-2H3. The average Bonchev–Trinajstić information content (AvgIpc) is 3.07. The summed E-state index contributed by atoms with van der Waals surface area (Å²) < 4.78 is 6.35. The second-order valence-corrected chi connectivity index (χ2v) is 8.13. The molecule has 2 aliphatic carbocycles. The van der Waals surface area contributed by atoms with Crippen LogP contribution < -0.4 is 4.74 Å². The minimum atomic E-state index is 0.267. The lowest BCUT2D eigenvalue weighted by molar-refractivity contribution is 0.150. The molecule has 22 heavy (non-hydrogen) atoms. The van der Waals surface area contributed by atoms with Crippen LogP contribution >= 0.6 is 11.3 Å². The van der Waals surface area contributed by atoms with Crippen LogP contribution in [-0.2, 0) is 11.8 Å². The molecule has 0 amide bonds. The molecule has 118 valence electrons. The third-order valence-electron chi connectivity index (χ3n) is 5.64. The van der Waals surface area contributed by atoms with Gasteiger partial charge in [0.25, 0.3) is 0 Å². The van der Waals surface area contributed by atoms with Crippen LogP contribution in [0, 0.1) is 0 Å². The van der Waals surface area contributed by atoms with E-state index in [1.54, 1.807) is 6.33 Å². The molecule has 0 spiro atoms. The van der Waals surface area contributed by atoms with E-state index in [9.17, 15) is 0 Å². The van der Waals surface area contributed by atoms with E-state index in [0.717, 1.165) is 10.7 Å². The van der Waals surface area contributed by atoms with Gasteiger partial charge in [-0.3, -0.25) is 0 Å². The maximum absolute atomic E-state index is 6.35. The molecular weight excluding hydrogens is 292 g/mol. The number of thiophene rings is 1. The fraction of sp³-hybridized carbons (Fsp3) is 0.667. The molecule has 1 fully saturated rings. The van der Waals surface area contributed by atoms with Crippen molar-refractivity contribution in [2.45, 2.75) is 76.7 Å². The topological polar surface area (TPSA) is 35.0 Å². The van der Waals surface area contributed by atoms with Crippen LogP contribution in [0.15, 0.2) is 6.33 Å². The molecule has 1 saturated carbocycles. The Morgan fingerprint density at radius 1 is 1.27 bits per heavy atom. The Morgan fingerprint density at radius 2 is 2.09 bits per heavy atom. The molecule has 4 rings (SSSR count). The molecule has 3 nitrogen and oxygen atoms in total. The van der Waals surface area contributed by atoms with Gasteiger partial charge >= 0.3 is 0 Å². The maximum atomic E-state index is 6.35. The van der Waals surface area contributed by atoms with Crippen molar-refractivity contribution in [3.63, 3.8) is 0 Å². The second-order valence-electron chi connectivity index (χ2n) is 7.05. The molecule has 2 heterocycles. The van der Waals surface area contributed by atoms with Crippen molar-refractivity contribution < 1.29 is 4.74 Å². The van der Waals surface area contributed by atoms with Gasteiger partial charge in [0, 0.05) is 4.88 Å². The van der Waals surface area contributed by atoms with Crippen molar-refractivity contribution in [3.8, 4) is 5.88 Å². The van der Waals surface area contributed by atoms with Crippen molar-refractivity contribution in [2.24, 2.45) is 0 Å². The number of nitrogens with zero attached hydrogens (tertiary/aromatic N) is 2. The zero-order valence-corrected chi connectivity index (χ0v) is 14.3. The molecule has 0 bridgehead atoms. The molecule has 2 aliphatic rings. The van der Waals surface area contributed by atoms with Gasteiger partial charge in [0.2, 0.25) is 5.88 Å². The first kappa shape index (κ1) is 14.4. The van der Waals surface area contributed by atoms with E-state index in [1.165, 1.54) is 67.2 Å². The molecule has 0 saturated heterocycles. The van der Waals surface area contributed by atoms with Crippen molar-refractivity contribution >= 4 is 21.6 Å². The van der Waals surface area contributed by atoms with Crippen molar-refractivity contribution in [1.29, 1.82) is 0 Å². The highest BCUT2D eigenvalue weighted by Crippen LogP contribution is 2.50. The Morgan fingerprint density at radius 3 is 2.86 bits per heavy atom. The lowest BCUT2D eigenvalue weighted by Crippen LogP contribution is -2.21. The number of hydrogen-bond acceptors (Lipinski definition) is 4. The minimum absolute atomic E-state index is 0.267. The van der Waals surface area contributed by atoms with Gasteiger partial charge in [-0.15, -0.1) is 11.3 Å². The zero-order valence-electron chi connectivity index (χ0n) is 13.5. The SMILES string of the molecule is CCC1(C)CCc2sc3ncnc(OC4CCCCC4)c3c21. The van der Waals surface area contributed by atoms with Crippen LogP contribution in [0.25, 0.3) is 10.2 Å².